The molecule has 0 aliphatic heterocycles. The van der Waals surface area contributed by atoms with Crippen molar-refractivity contribution in [3.63, 3.8) is 0 Å². The first-order valence-electron chi connectivity index (χ1n) is 8.92. The summed E-state index contributed by atoms with van der Waals surface area (Å²) in [7, 11) is 1.68. The van der Waals surface area contributed by atoms with Gasteiger partial charge in [0.25, 0.3) is 0 Å². The van der Waals surface area contributed by atoms with Crippen LogP contribution >= 0.6 is 11.3 Å². The fourth-order valence-electron chi connectivity index (χ4n) is 2.57. The van der Waals surface area contributed by atoms with Crippen LogP contribution in [0.4, 0.5) is 0 Å². The van der Waals surface area contributed by atoms with Crippen molar-refractivity contribution in [1.82, 2.24) is 15.6 Å². The Morgan fingerprint density at radius 1 is 1.11 bits per heavy atom. The van der Waals surface area contributed by atoms with Gasteiger partial charge in [0.2, 0.25) is 0 Å². The molecule has 0 aliphatic carbocycles. The smallest absolute Gasteiger partial charge is 0.191 e. The molecule has 0 saturated carbocycles. The molecule has 0 atom stereocenters. The minimum atomic E-state index is 0.553. The Hall–Kier alpha value is -2.86. The quantitative estimate of drug-likeness (QED) is 0.479. The third-order valence-electron chi connectivity index (χ3n) is 3.98. The van der Waals surface area contributed by atoms with E-state index in [1.54, 1.807) is 24.6 Å². The summed E-state index contributed by atoms with van der Waals surface area (Å²) in [4.78, 5) is 10.2. The van der Waals surface area contributed by atoms with Crippen molar-refractivity contribution in [1.29, 1.82) is 0 Å². The first-order valence-corrected chi connectivity index (χ1v) is 9.80. The molecule has 2 heterocycles. The van der Waals surface area contributed by atoms with Crippen LogP contribution in [0.5, 0.6) is 5.75 Å². The molecule has 2 aromatic heterocycles. The fourth-order valence-corrected chi connectivity index (χ4v) is 3.41. The number of benzene rings is 1. The van der Waals surface area contributed by atoms with Crippen LogP contribution in [0.1, 0.15) is 17.5 Å². The lowest BCUT2D eigenvalue weighted by Gasteiger charge is -2.10. The Morgan fingerprint density at radius 3 is 2.67 bits per heavy atom. The third kappa shape index (κ3) is 5.56. The molecule has 6 heteroatoms. The number of nitrogens with zero attached hydrogens (tertiary/aromatic N) is 2. The van der Waals surface area contributed by atoms with E-state index in [1.807, 2.05) is 30.3 Å². The fraction of sp³-hybridized carbons (Fsp3) is 0.238. The van der Waals surface area contributed by atoms with E-state index in [9.17, 15) is 0 Å². The van der Waals surface area contributed by atoms with E-state index in [2.05, 4.69) is 51.1 Å². The number of rotatable bonds is 7. The number of ether oxygens (including phenoxy) is 1. The lowest BCUT2D eigenvalue weighted by atomic mass is 10.1. The molecule has 0 amide bonds. The van der Waals surface area contributed by atoms with Crippen molar-refractivity contribution in [2.45, 2.75) is 20.0 Å². The van der Waals surface area contributed by atoms with Crippen molar-refractivity contribution in [3.8, 4) is 16.9 Å². The maximum absolute atomic E-state index is 5.22. The lowest BCUT2D eigenvalue weighted by Crippen LogP contribution is -2.36. The summed E-state index contributed by atoms with van der Waals surface area (Å²) in [5, 5.41) is 8.85. The number of methoxy groups -OCH3 is 1. The highest BCUT2D eigenvalue weighted by Crippen LogP contribution is 2.27. The second-order valence-corrected chi connectivity index (χ2v) is 6.90. The minimum absolute atomic E-state index is 0.553. The SMILES string of the molecule is CCNC(=NCc1ccccn1)NCc1cc(-c2ccc(OC)cc2)cs1. The number of hydrogen-bond donors (Lipinski definition) is 2. The molecule has 0 saturated heterocycles. The topological polar surface area (TPSA) is 58.5 Å². The monoisotopic (exact) mass is 380 g/mol. The van der Waals surface area contributed by atoms with Gasteiger partial charge in [-0.2, -0.15) is 0 Å². The predicted octanol–water partition coefficient (Wildman–Crippen LogP) is 4.07. The Morgan fingerprint density at radius 2 is 1.96 bits per heavy atom. The Kier molecular flexibility index (Phi) is 6.82. The third-order valence-corrected chi connectivity index (χ3v) is 4.91. The van der Waals surface area contributed by atoms with E-state index in [0.717, 1.165) is 30.5 Å². The predicted molar refractivity (Wildman–Crippen MR) is 112 cm³/mol. The zero-order valence-corrected chi connectivity index (χ0v) is 16.4. The largest absolute Gasteiger partial charge is 0.497 e. The molecule has 0 spiro atoms. The second-order valence-electron chi connectivity index (χ2n) is 5.90. The first-order chi connectivity index (χ1) is 13.3. The van der Waals surface area contributed by atoms with Crippen LogP contribution in [0, 0.1) is 0 Å². The van der Waals surface area contributed by atoms with Crippen LogP contribution in [0.25, 0.3) is 11.1 Å². The standard InChI is InChI=1S/C21H24N4OS/c1-3-22-21(24-13-18-6-4-5-11-23-18)25-14-20-12-17(15-27-20)16-7-9-19(26-2)10-8-16/h4-12,15H,3,13-14H2,1-2H3,(H2,22,24,25). The Labute approximate surface area is 164 Å². The lowest BCUT2D eigenvalue weighted by molar-refractivity contribution is 0.415. The van der Waals surface area contributed by atoms with Gasteiger partial charge in [-0.25, -0.2) is 4.99 Å². The number of aliphatic imine (C=N–C) groups is 1. The molecule has 140 valence electrons. The Bertz CT molecular complexity index is 859. The molecule has 0 fully saturated rings. The van der Waals surface area contributed by atoms with Crippen LogP contribution in [-0.2, 0) is 13.1 Å². The molecule has 3 aromatic rings. The van der Waals surface area contributed by atoms with Gasteiger partial charge in [-0.15, -0.1) is 11.3 Å². The van der Waals surface area contributed by atoms with E-state index in [1.165, 1.54) is 16.0 Å². The van der Waals surface area contributed by atoms with Gasteiger partial charge in [-0.05, 0) is 53.8 Å². The number of thiophene rings is 1. The minimum Gasteiger partial charge on any atom is -0.497 e. The van der Waals surface area contributed by atoms with E-state index < -0.39 is 0 Å². The molecular weight excluding hydrogens is 356 g/mol. The molecule has 0 aliphatic rings. The van der Waals surface area contributed by atoms with E-state index >= 15 is 0 Å². The van der Waals surface area contributed by atoms with Crippen LogP contribution in [0.2, 0.25) is 0 Å². The highest BCUT2D eigenvalue weighted by molar-refractivity contribution is 7.10. The summed E-state index contributed by atoms with van der Waals surface area (Å²) in [5.74, 6) is 1.66. The summed E-state index contributed by atoms with van der Waals surface area (Å²) < 4.78 is 5.22. The normalized spacial score (nSPS) is 11.3. The summed E-state index contributed by atoms with van der Waals surface area (Å²) in [6, 6.07) is 16.2. The maximum Gasteiger partial charge on any atom is 0.191 e. The van der Waals surface area contributed by atoms with Crippen molar-refractivity contribution >= 4 is 17.3 Å². The molecule has 0 radical (unpaired) electrons. The van der Waals surface area contributed by atoms with Gasteiger partial charge in [0.1, 0.15) is 5.75 Å². The summed E-state index contributed by atoms with van der Waals surface area (Å²) >= 11 is 1.74. The Balaban J connectivity index is 1.61. The number of nitrogens with one attached hydrogen (secondary N) is 2. The number of pyridine rings is 1. The van der Waals surface area contributed by atoms with Crippen molar-refractivity contribution in [2.75, 3.05) is 13.7 Å². The van der Waals surface area contributed by atoms with Gasteiger partial charge in [-0.3, -0.25) is 4.98 Å². The van der Waals surface area contributed by atoms with Crippen LogP contribution in [0.15, 0.2) is 65.1 Å². The highest BCUT2D eigenvalue weighted by Gasteiger charge is 2.05. The number of guanidine groups is 1. The van der Waals surface area contributed by atoms with Crippen LogP contribution < -0.4 is 15.4 Å². The molecule has 0 bridgehead atoms. The number of aromatic nitrogens is 1. The first kappa shape index (κ1) is 18.9. The van der Waals surface area contributed by atoms with Crippen molar-refractivity contribution in [2.24, 2.45) is 4.99 Å². The van der Waals surface area contributed by atoms with Crippen LogP contribution in [-0.4, -0.2) is 24.6 Å². The molecular formula is C21H24N4OS. The molecule has 27 heavy (non-hydrogen) atoms. The van der Waals surface area contributed by atoms with E-state index in [-0.39, 0.29) is 0 Å². The van der Waals surface area contributed by atoms with Gasteiger partial charge in [-0.1, -0.05) is 18.2 Å². The van der Waals surface area contributed by atoms with Crippen LogP contribution in [0.3, 0.4) is 0 Å². The van der Waals surface area contributed by atoms with Gasteiger partial charge in [0.15, 0.2) is 5.96 Å². The van der Waals surface area contributed by atoms with Gasteiger partial charge < -0.3 is 15.4 Å². The maximum atomic E-state index is 5.22. The van der Waals surface area contributed by atoms with Gasteiger partial charge >= 0.3 is 0 Å². The van der Waals surface area contributed by atoms with Crippen molar-refractivity contribution in [3.05, 3.63) is 70.7 Å². The molecule has 1 aromatic carbocycles. The molecule has 0 unspecified atom stereocenters. The summed E-state index contributed by atoms with van der Waals surface area (Å²) in [6.45, 7) is 4.16. The average Bonchev–Trinajstić information content (AvgIpc) is 3.20. The van der Waals surface area contributed by atoms with E-state index in [4.69, 9.17) is 4.74 Å². The molecule has 3 rings (SSSR count). The summed E-state index contributed by atoms with van der Waals surface area (Å²) in [6.07, 6.45) is 1.79. The van der Waals surface area contributed by atoms with Gasteiger partial charge in [0.05, 0.1) is 25.9 Å². The summed E-state index contributed by atoms with van der Waals surface area (Å²) in [5.41, 5.74) is 3.36. The highest BCUT2D eigenvalue weighted by atomic mass is 32.1. The van der Waals surface area contributed by atoms with Gasteiger partial charge in [0, 0.05) is 17.6 Å². The zero-order valence-electron chi connectivity index (χ0n) is 15.6. The second kappa shape index (κ2) is 9.73. The zero-order chi connectivity index (χ0) is 18.9. The molecule has 5 nitrogen and oxygen atoms in total. The van der Waals surface area contributed by atoms with Crippen molar-refractivity contribution < 1.29 is 4.74 Å². The number of hydrogen-bond acceptors (Lipinski definition) is 4. The molecule has 2 N–H and O–H groups in total. The average molecular weight is 381 g/mol. The van der Waals surface area contributed by atoms with E-state index in [0.29, 0.717) is 6.54 Å².